The van der Waals surface area contributed by atoms with Gasteiger partial charge in [-0.25, -0.2) is 0 Å². The van der Waals surface area contributed by atoms with Gasteiger partial charge in [-0.2, -0.15) is 0 Å². The lowest BCUT2D eigenvalue weighted by molar-refractivity contribution is -0.120. The van der Waals surface area contributed by atoms with Crippen LogP contribution >= 0.6 is 11.8 Å². The number of hydrogen-bond acceptors (Lipinski definition) is 5. The lowest BCUT2D eigenvalue weighted by atomic mass is 9.78. The Hall–Kier alpha value is -1.60. The van der Waals surface area contributed by atoms with Gasteiger partial charge in [0.25, 0.3) is 0 Å². The number of hydrogen-bond donors (Lipinski definition) is 2. The first kappa shape index (κ1) is 15.3. The number of carbonyl (C=O) groups is 3. The van der Waals surface area contributed by atoms with Crippen molar-refractivity contribution < 1.29 is 19.1 Å². The second-order valence-electron chi connectivity index (χ2n) is 6.11. The predicted molar refractivity (Wildman–Crippen MR) is 81.6 cm³/mol. The summed E-state index contributed by atoms with van der Waals surface area (Å²) in [4.78, 5) is 35.8. The Morgan fingerprint density at radius 3 is 2.77 bits per heavy atom. The summed E-state index contributed by atoms with van der Waals surface area (Å²) >= 11 is 1.41. The monoisotopic (exact) mass is 322 g/mol. The van der Waals surface area contributed by atoms with Crippen molar-refractivity contribution in [2.45, 2.75) is 32.9 Å². The molecule has 2 aliphatic heterocycles. The standard InChI is InChI=1S/C15H18N2O4S/c1-15(2)8(6-21-12-4-3-10(19)16-12)5-9(18)13-14(15)22-7-11(20)17-13/h5,12H,3-4,6-7H2,1-2H3,(H,16,19)(H,17,20)/t12-/m0/s1. The third kappa shape index (κ3) is 2.70. The first-order chi connectivity index (χ1) is 10.4. The van der Waals surface area contributed by atoms with E-state index in [0.717, 1.165) is 10.5 Å². The molecule has 1 saturated heterocycles. The number of ether oxygens (including phenoxy) is 1. The van der Waals surface area contributed by atoms with Crippen LogP contribution in [0, 0.1) is 5.41 Å². The van der Waals surface area contributed by atoms with E-state index in [9.17, 15) is 14.4 Å². The Balaban J connectivity index is 1.75. The van der Waals surface area contributed by atoms with E-state index in [1.54, 1.807) is 6.08 Å². The number of amides is 2. The number of ketones is 1. The molecule has 0 radical (unpaired) electrons. The highest BCUT2D eigenvalue weighted by Crippen LogP contribution is 2.46. The summed E-state index contributed by atoms with van der Waals surface area (Å²) in [6.45, 7) is 4.32. The molecule has 0 bridgehead atoms. The van der Waals surface area contributed by atoms with Crippen molar-refractivity contribution in [3.05, 3.63) is 22.3 Å². The van der Waals surface area contributed by atoms with Gasteiger partial charge in [-0.15, -0.1) is 11.8 Å². The molecule has 0 aromatic heterocycles. The van der Waals surface area contributed by atoms with Gasteiger partial charge in [0.1, 0.15) is 6.23 Å². The molecular formula is C15H18N2O4S. The van der Waals surface area contributed by atoms with Crippen LogP contribution in [0.4, 0.5) is 0 Å². The highest BCUT2D eigenvalue weighted by Gasteiger charge is 2.40. The average molecular weight is 322 g/mol. The van der Waals surface area contributed by atoms with Crippen LogP contribution in [0.5, 0.6) is 0 Å². The fourth-order valence-electron chi connectivity index (χ4n) is 2.79. The molecule has 7 heteroatoms. The van der Waals surface area contributed by atoms with Crippen LogP contribution in [0.3, 0.4) is 0 Å². The smallest absolute Gasteiger partial charge is 0.234 e. The Morgan fingerprint density at radius 2 is 2.09 bits per heavy atom. The van der Waals surface area contributed by atoms with Gasteiger partial charge in [0.05, 0.1) is 18.1 Å². The topological polar surface area (TPSA) is 84.5 Å². The highest BCUT2D eigenvalue weighted by atomic mass is 32.2. The lowest BCUT2D eigenvalue weighted by Gasteiger charge is -2.37. The van der Waals surface area contributed by atoms with Gasteiger partial charge in [-0.05, 0) is 11.6 Å². The van der Waals surface area contributed by atoms with Gasteiger partial charge in [0.15, 0.2) is 0 Å². The number of allylic oxidation sites excluding steroid dienone is 2. The Kier molecular flexibility index (Phi) is 3.86. The molecule has 3 rings (SSSR count). The van der Waals surface area contributed by atoms with Gasteiger partial charge < -0.3 is 15.4 Å². The van der Waals surface area contributed by atoms with E-state index < -0.39 is 0 Å². The normalized spacial score (nSPS) is 27.3. The van der Waals surface area contributed by atoms with E-state index in [0.29, 0.717) is 24.3 Å². The summed E-state index contributed by atoms with van der Waals surface area (Å²) in [6.07, 6.45) is 2.39. The maximum Gasteiger partial charge on any atom is 0.234 e. The molecule has 3 aliphatic rings. The molecular weight excluding hydrogens is 304 g/mol. The zero-order chi connectivity index (χ0) is 15.9. The molecule has 1 atom stereocenters. The largest absolute Gasteiger partial charge is 0.354 e. The zero-order valence-corrected chi connectivity index (χ0v) is 13.3. The van der Waals surface area contributed by atoms with Crippen molar-refractivity contribution in [1.82, 2.24) is 10.6 Å². The van der Waals surface area contributed by atoms with Crippen molar-refractivity contribution in [2.75, 3.05) is 12.4 Å². The molecule has 2 amide bonds. The van der Waals surface area contributed by atoms with Crippen molar-refractivity contribution in [3.63, 3.8) is 0 Å². The minimum absolute atomic E-state index is 0.00602. The van der Waals surface area contributed by atoms with Gasteiger partial charge in [-0.1, -0.05) is 13.8 Å². The zero-order valence-electron chi connectivity index (χ0n) is 12.5. The van der Waals surface area contributed by atoms with E-state index in [1.165, 1.54) is 11.8 Å². The number of nitrogens with one attached hydrogen (secondary N) is 2. The third-order valence-corrected chi connectivity index (χ3v) is 5.57. The maximum absolute atomic E-state index is 12.2. The molecule has 22 heavy (non-hydrogen) atoms. The van der Waals surface area contributed by atoms with Crippen LogP contribution in [0.1, 0.15) is 26.7 Å². The summed E-state index contributed by atoms with van der Waals surface area (Å²) in [5.41, 5.74) is 0.884. The van der Waals surface area contributed by atoms with E-state index in [1.807, 2.05) is 13.8 Å². The molecule has 2 heterocycles. The SMILES string of the molecule is CC1(C)C(CO[C@H]2CCC(=O)N2)=CC(=O)C2=C1SCC(=O)N2. The number of carbonyl (C=O) groups excluding carboxylic acids is 3. The van der Waals surface area contributed by atoms with Gasteiger partial charge in [0, 0.05) is 23.2 Å². The molecule has 0 unspecified atom stereocenters. The fourth-order valence-corrected chi connectivity index (χ4v) is 3.92. The molecule has 118 valence electrons. The van der Waals surface area contributed by atoms with Crippen molar-refractivity contribution >= 4 is 29.4 Å². The van der Waals surface area contributed by atoms with Crippen LogP contribution in [-0.2, 0) is 19.1 Å². The maximum atomic E-state index is 12.2. The van der Waals surface area contributed by atoms with Gasteiger partial charge in [-0.3, -0.25) is 14.4 Å². The van der Waals surface area contributed by atoms with Gasteiger partial charge >= 0.3 is 0 Å². The van der Waals surface area contributed by atoms with E-state index in [2.05, 4.69) is 10.6 Å². The van der Waals surface area contributed by atoms with E-state index in [-0.39, 0.29) is 35.8 Å². The summed E-state index contributed by atoms with van der Waals surface area (Å²) in [6, 6.07) is 0. The first-order valence-electron chi connectivity index (χ1n) is 7.21. The molecule has 1 aliphatic carbocycles. The van der Waals surface area contributed by atoms with Crippen molar-refractivity contribution in [2.24, 2.45) is 5.41 Å². The quantitative estimate of drug-likeness (QED) is 0.805. The predicted octanol–water partition coefficient (Wildman–Crippen LogP) is 0.849. The van der Waals surface area contributed by atoms with Crippen molar-refractivity contribution in [1.29, 1.82) is 0 Å². The summed E-state index contributed by atoms with van der Waals surface area (Å²) in [5, 5.41) is 5.42. The van der Waals surface area contributed by atoms with Crippen LogP contribution in [0.15, 0.2) is 22.3 Å². The average Bonchev–Trinajstić information content (AvgIpc) is 2.87. The van der Waals surface area contributed by atoms with Crippen molar-refractivity contribution in [3.8, 4) is 0 Å². The van der Waals surface area contributed by atoms with Crippen LogP contribution in [0.2, 0.25) is 0 Å². The molecule has 0 aromatic rings. The Morgan fingerprint density at radius 1 is 1.32 bits per heavy atom. The summed E-state index contributed by atoms with van der Waals surface area (Å²) in [5.74, 6) is -0.0189. The molecule has 0 aromatic carbocycles. The summed E-state index contributed by atoms with van der Waals surface area (Å²) in [7, 11) is 0. The number of thioether (sulfide) groups is 1. The molecule has 6 nitrogen and oxygen atoms in total. The first-order valence-corrected chi connectivity index (χ1v) is 8.20. The fraction of sp³-hybridized carbons (Fsp3) is 0.533. The molecule has 0 spiro atoms. The minimum Gasteiger partial charge on any atom is -0.354 e. The Labute approximate surface area is 132 Å². The minimum atomic E-state index is -0.371. The van der Waals surface area contributed by atoms with Crippen LogP contribution < -0.4 is 10.6 Å². The molecule has 2 N–H and O–H groups in total. The summed E-state index contributed by atoms with van der Waals surface area (Å²) < 4.78 is 5.73. The second-order valence-corrected chi connectivity index (χ2v) is 7.09. The molecule has 0 saturated carbocycles. The molecule has 1 fully saturated rings. The lowest BCUT2D eigenvalue weighted by Crippen LogP contribution is -2.40. The third-order valence-electron chi connectivity index (χ3n) is 4.16. The van der Waals surface area contributed by atoms with Crippen LogP contribution in [-0.4, -0.2) is 36.2 Å². The second kappa shape index (κ2) is 5.55. The highest BCUT2D eigenvalue weighted by molar-refractivity contribution is 8.03. The van der Waals surface area contributed by atoms with Gasteiger partial charge in [0.2, 0.25) is 17.6 Å². The van der Waals surface area contributed by atoms with E-state index in [4.69, 9.17) is 4.74 Å². The van der Waals surface area contributed by atoms with E-state index >= 15 is 0 Å². The number of rotatable bonds is 3. The van der Waals surface area contributed by atoms with Crippen LogP contribution in [0.25, 0.3) is 0 Å². The Bertz CT molecular complexity index is 621.